The van der Waals surface area contributed by atoms with Crippen LogP contribution in [0.4, 0.5) is 8.78 Å². The predicted molar refractivity (Wildman–Crippen MR) is 72.9 cm³/mol. The zero-order chi connectivity index (χ0) is 13.8. The maximum absolute atomic E-state index is 13.6. The molecule has 0 N–H and O–H groups in total. The third-order valence-corrected chi connectivity index (χ3v) is 3.21. The molecule has 19 heavy (non-hydrogen) atoms. The van der Waals surface area contributed by atoms with Gasteiger partial charge in [-0.05, 0) is 35.4 Å². The summed E-state index contributed by atoms with van der Waals surface area (Å²) in [6.45, 7) is 0. The van der Waals surface area contributed by atoms with E-state index in [1.54, 1.807) is 24.3 Å². The Hall–Kier alpha value is -1.55. The van der Waals surface area contributed by atoms with Gasteiger partial charge in [0.25, 0.3) is 0 Å². The Kier molecular flexibility index (Phi) is 4.43. The number of Topliss-reactive ketones (excluding diaryl/α,β-unsaturated/α-hetero) is 1. The summed E-state index contributed by atoms with van der Waals surface area (Å²) in [5.41, 5.74) is 1.10. The Bertz CT molecular complexity index is 594. The SMILES string of the molecule is O=C(Cc1ccc(F)cc1)Cc1ccc(Br)cc1F. The summed E-state index contributed by atoms with van der Waals surface area (Å²) in [5.74, 6) is -0.843. The molecule has 2 aromatic rings. The smallest absolute Gasteiger partial charge is 0.141 e. The third-order valence-electron chi connectivity index (χ3n) is 2.72. The number of halogens is 3. The lowest BCUT2D eigenvalue weighted by Crippen LogP contribution is -2.08. The van der Waals surface area contributed by atoms with Gasteiger partial charge in [0.1, 0.15) is 17.4 Å². The highest BCUT2D eigenvalue weighted by Gasteiger charge is 2.09. The molecule has 0 radical (unpaired) electrons. The van der Waals surface area contributed by atoms with E-state index in [0.29, 0.717) is 10.0 Å². The van der Waals surface area contributed by atoms with Gasteiger partial charge in [-0.1, -0.05) is 34.1 Å². The van der Waals surface area contributed by atoms with Crippen molar-refractivity contribution in [3.63, 3.8) is 0 Å². The average molecular weight is 325 g/mol. The molecule has 0 bridgehead atoms. The monoisotopic (exact) mass is 324 g/mol. The second-order valence-corrected chi connectivity index (χ2v) is 5.17. The van der Waals surface area contributed by atoms with Crippen LogP contribution in [-0.4, -0.2) is 5.78 Å². The third kappa shape index (κ3) is 3.96. The van der Waals surface area contributed by atoms with Crippen LogP contribution >= 0.6 is 15.9 Å². The fourth-order valence-electron chi connectivity index (χ4n) is 1.77. The minimum atomic E-state index is -0.401. The van der Waals surface area contributed by atoms with Gasteiger partial charge in [0.05, 0.1) is 0 Å². The van der Waals surface area contributed by atoms with Crippen LogP contribution in [0.25, 0.3) is 0 Å². The van der Waals surface area contributed by atoms with Crippen molar-refractivity contribution in [1.82, 2.24) is 0 Å². The van der Waals surface area contributed by atoms with E-state index in [1.165, 1.54) is 18.2 Å². The van der Waals surface area contributed by atoms with Gasteiger partial charge in [-0.15, -0.1) is 0 Å². The van der Waals surface area contributed by atoms with E-state index in [9.17, 15) is 13.6 Å². The van der Waals surface area contributed by atoms with Crippen molar-refractivity contribution in [1.29, 1.82) is 0 Å². The number of carbonyl (C=O) groups is 1. The highest BCUT2D eigenvalue weighted by atomic mass is 79.9. The molecule has 2 rings (SSSR count). The second-order valence-electron chi connectivity index (χ2n) is 4.25. The Labute approximate surface area is 118 Å². The lowest BCUT2D eigenvalue weighted by atomic mass is 10.0. The van der Waals surface area contributed by atoms with Crippen molar-refractivity contribution in [3.8, 4) is 0 Å². The van der Waals surface area contributed by atoms with E-state index in [2.05, 4.69) is 15.9 Å². The molecule has 0 saturated carbocycles. The maximum atomic E-state index is 13.6. The number of ketones is 1. The molecule has 0 saturated heterocycles. The molecule has 2 aromatic carbocycles. The number of rotatable bonds is 4. The summed E-state index contributed by atoms with van der Waals surface area (Å²) in [6.07, 6.45) is 0.215. The Morgan fingerprint density at radius 2 is 1.68 bits per heavy atom. The van der Waals surface area contributed by atoms with E-state index in [0.717, 1.165) is 5.56 Å². The first-order chi connectivity index (χ1) is 9.04. The quantitative estimate of drug-likeness (QED) is 0.828. The number of hydrogen-bond donors (Lipinski definition) is 0. The summed E-state index contributed by atoms with van der Waals surface area (Å²) in [4.78, 5) is 11.8. The largest absolute Gasteiger partial charge is 0.299 e. The van der Waals surface area contributed by atoms with E-state index in [1.807, 2.05) is 0 Å². The van der Waals surface area contributed by atoms with E-state index >= 15 is 0 Å². The first-order valence-electron chi connectivity index (χ1n) is 5.74. The number of carbonyl (C=O) groups excluding carboxylic acids is 1. The van der Waals surface area contributed by atoms with Gasteiger partial charge < -0.3 is 0 Å². The Balaban J connectivity index is 2.03. The predicted octanol–water partition coefficient (Wildman–Crippen LogP) is 4.08. The van der Waals surface area contributed by atoms with Gasteiger partial charge in [-0.2, -0.15) is 0 Å². The van der Waals surface area contributed by atoms with E-state index in [4.69, 9.17) is 0 Å². The molecule has 0 aliphatic heterocycles. The van der Waals surface area contributed by atoms with Crippen LogP contribution in [0, 0.1) is 11.6 Å². The minimum absolute atomic E-state index is 0.0382. The van der Waals surface area contributed by atoms with E-state index in [-0.39, 0.29) is 24.4 Å². The molecule has 0 heterocycles. The lowest BCUT2D eigenvalue weighted by Gasteiger charge is -2.04. The summed E-state index contributed by atoms with van der Waals surface area (Å²) in [6, 6.07) is 10.4. The van der Waals surface area contributed by atoms with Crippen molar-refractivity contribution < 1.29 is 13.6 Å². The van der Waals surface area contributed by atoms with Crippen LogP contribution < -0.4 is 0 Å². The fourth-order valence-corrected chi connectivity index (χ4v) is 2.10. The molecule has 0 atom stereocenters. The highest BCUT2D eigenvalue weighted by Crippen LogP contribution is 2.16. The van der Waals surface area contributed by atoms with Crippen LogP contribution in [0.15, 0.2) is 46.9 Å². The molecule has 4 heteroatoms. The standard InChI is InChI=1S/C15H11BrF2O/c16-12-4-3-11(15(18)9-12)8-14(19)7-10-1-5-13(17)6-2-10/h1-6,9H,7-8H2. The van der Waals surface area contributed by atoms with Crippen LogP contribution in [0.1, 0.15) is 11.1 Å². The average Bonchev–Trinajstić information content (AvgIpc) is 2.36. The second kappa shape index (κ2) is 6.06. The summed E-state index contributed by atoms with van der Waals surface area (Å²) in [5, 5.41) is 0. The fraction of sp³-hybridized carbons (Fsp3) is 0.133. The molecule has 0 spiro atoms. The van der Waals surface area contributed by atoms with Crippen LogP contribution in [-0.2, 0) is 17.6 Å². The first kappa shape index (κ1) is 13.9. The summed E-state index contributed by atoms with van der Waals surface area (Å²) < 4.78 is 26.9. The van der Waals surface area contributed by atoms with Gasteiger partial charge in [0, 0.05) is 17.3 Å². The zero-order valence-electron chi connectivity index (χ0n) is 10.00. The molecule has 0 aromatic heterocycles. The highest BCUT2D eigenvalue weighted by molar-refractivity contribution is 9.10. The zero-order valence-corrected chi connectivity index (χ0v) is 11.6. The van der Waals surface area contributed by atoms with Gasteiger partial charge in [-0.25, -0.2) is 8.78 Å². The molecule has 0 amide bonds. The van der Waals surface area contributed by atoms with Gasteiger partial charge in [-0.3, -0.25) is 4.79 Å². The van der Waals surface area contributed by atoms with Crippen molar-refractivity contribution in [2.75, 3.05) is 0 Å². The van der Waals surface area contributed by atoms with Crippen LogP contribution in [0.2, 0.25) is 0 Å². The number of benzene rings is 2. The van der Waals surface area contributed by atoms with Gasteiger partial charge >= 0.3 is 0 Å². The summed E-state index contributed by atoms with van der Waals surface area (Å²) >= 11 is 3.16. The molecule has 1 nitrogen and oxygen atoms in total. The van der Waals surface area contributed by atoms with E-state index < -0.39 is 5.82 Å². The Morgan fingerprint density at radius 3 is 2.32 bits per heavy atom. The number of hydrogen-bond acceptors (Lipinski definition) is 1. The van der Waals surface area contributed by atoms with Crippen molar-refractivity contribution in [3.05, 3.63) is 69.7 Å². The molecule has 0 aliphatic carbocycles. The van der Waals surface area contributed by atoms with Crippen molar-refractivity contribution in [2.45, 2.75) is 12.8 Å². The molecule has 0 fully saturated rings. The Morgan fingerprint density at radius 1 is 1.00 bits per heavy atom. The molecule has 0 unspecified atom stereocenters. The van der Waals surface area contributed by atoms with Crippen molar-refractivity contribution in [2.24, 2.45) is 0 Å². The first-order valence-corrected chi connectivity index (χ1v) is 6.54. The lowest BCUT2D eigenvalue weighted by molar-refractivity contribution is -0.117. The minimum Gasteiger partial charge on any atom is -0.299 e. The summed E-state index contributed by atoms with van der Waals surface area (Å²) in [7, 11) is 0. The maximum Gasteiger partial charge on any atom is 0.141 e. The molecule has 0 aliphatic rings. The molecule has 98 valence electrons. The van der Waals surface area contributed by atoms with Crippen LogP contribution in [0.3, 0.4) is 0 Å². The normalized spacial score (nSPS) is 10.5. The van der Waals surface area contributed by atoms with Gasteiger partial charge in [0.15, 0.2) is 0 Å². The topological polar surface area (TPSA) is 17.1 Å². The molecular formula is C15H11BrF2O. The van der Waals surface area contributed by atoms with Gasteiger partial charge in [0.2, 0.25) is 0 Å². The van der Waals surface area contributed by atoms with Crippen molar-refractivity contribution >= 4 is 21.7 Å². The van der Waals surface area contributed by atoms with Crippen LogP contribution in [0.5, 0.6) is 0 Å². The molecular weight excluding hydrogens is 314 g/mol.